The van der Waals surface area contributed by atoms with E-state index in [0.717, 1.165) is 32.5 Å². The molecule has 3 aliphatic rings. The number of benzene rings is 1. The average Bonchev–Trinajstić information content (AvgIpc) is 2.99. The molecule has 4 amide bonds. The van der Waals surface area contributed by atoms with E-state index < -0.39 is 5.54 Å². The second-order valence-electron chi connectivity index (χ2n) is 9.30. The van der Waals surface area contributed by atoms with Crippen LogP contribution in [0.15, 0.2) is 30.3 Å². The molecular formula is C23H32N4O3. The molecular weight excluding hydrogens is 380 g/mol. The lowest BCUT2D eigenvalue weighted by Gasteiger charge is -2.39. The monoisotopic (exact) mass is 412 g/mol. The fraction of sp³-hybridized carbons (Fsp3) is 0.609. The van der Waals surface area contributed by atoms with Crippen molar-refractivity contribution in [1.29, 1.82) is 0 Å². The molecule has 7 heteroatoms. The van der Waals surface area contributed by atoms with Crippen molar-refractivity contribution in [2.24, 2.45) is 5.92 Å². The highest BCUT2D eigenvalue weighted by molar-refractivity contribution is 6.07. The minimum atomic E-state index is -0.768. The van der Waals surface area contributed by atoms with Crippen LogP contribution >= 0.6 is 0 Å². The highest BCUT2D eigenvalue weighted by atomic mass is 16.2. The predicted molar refractivity (Wildman–Crippen MR) is 114 cm³/mol. The summed E-state index contributed by atoms with van der Waals surface area (Å²) < 4.78 is 0. The quantitative estimate of drug-likeness (QED) is 0.771. The van der Waals surface area contributed by atoms with Gasteiger partial charge in [0.05, 0.1) is 6.04 Å². The summed E-state index contributed by atoms with van der Waals surface area (Å²) in [6, 6.07) is 8.64. The summed E-state index contributed by atoms with van der Waals surface area (Å²) in [6.45, 7) is 8.11. The molecule has 0 aromatic heterocycles. The molecule has 7 nitrogen and oxygen atoms in total. The van der Waals surface area contributed by atoms with Crippen molar-refractivity contribution < 1.29 is 14.4 Å². The zero-order valence-corrected chi connectivity index (χ0v) is 18.0. The number of rotatable bonds is 4. The molecule has 0 radical (unpaired) electrons. The van der Waals surface area contributed by atoms with Crippen LogP contribution < -0.4 is 5.32 Å². The molecule has 3 aliphatic heterocycles. The van der Waals surface area contributed by atoms with E-state index in [1.165, 1.54) is 4.90 Å². The summed E-state index contributed by atoms with van der Waals surface area (Å²) >= 11 is 0. The Morgan fingerprint density at radius 2 is 1.83 bits per heavy atom. The van der Waals surface area contributed by atoms with Gasteiger partial charge in [0.15, 0.2) is 0 Å². The maximum Gasteiger partial charge on any atom is 0.325 e. The second-order valence-corrected chi connectivity index (χ2v) is 9.30. The van der Waals surface area contributed by atoms with Crippen LogP contribution in [0.25, 0.3) is 0 Å². The van der Waals surface area contributed by atoms with Crippen LogP contribution in [0.2, 0.25) is 0 Å². The molecule has 3 fully saturated rings. The van der Waals surface area contributed by atoms with Crippen molar-refractivity contribution in [3.05, 3.63) is 35.9 Å². The Labute approximate surface area is 178 Å². The molecule has 0 unspecified atom stereocenters. The first-order valence-corrected chi connectivity index (χ1v) is 11.1. The van der Waals surface area contributed by atoms with E-state index in [2.05, 4.69) is 24.1 Å². The third-order valence-electron chi connectivity index (χ3n) is 6.60. The topological polar surface area (TPSA) is 73.0 Å². The van der Waals surface area contributed by atoms with Crippen LogP contribution in [-0.2, 0) is 4.79 Å². The number of amides is 4. The number of likely N-dealkylation sites (tertiary alicyclic amines) is 2. The summed E-state index contributed by atoms with van der Waals surface area (Å²) in [5.41, 5.74) is -0.125. The van der Waals surface area contributed by atoms with Crippen LogP contribution in [0.4, 0.5) is 4.79 Å². The van der Waals surface area contributed by atoms with E-state index in [-0.39, 0.29) is 23.9 Å². The van der Waals surface area contributed by atoms with Crippen LogP contribution in [0.3, 0.4) is 0 Å². The molecule has 0 bridgehead atoms. The molecule has 1 spiro atoms. The summed E-state index contributed by atoms with van der Waals surface area (Å²) in [5.74, 6) is 0.444. The molecule has 3 saturated heterocycles. The molecule has 1 aromatic rings. The van der Waals surface area contributed by atoms with Crippen molar-refractivity contribution in [3.63, 3.8) is 0 Å². The number of imide groups is 1. The number of piperidine rings is 2. The van der Waals surface area contributed by atoms with Gasteiger partial charge < -0.3 is 15.1 Å². The first-order valence-electron chi connectivity index (χ1n) is 11.1. The second kappa shape index (κ2) is 8.38. The summed E-state index contributed by atoms with van der Waals surface area (Å²) in [4.78, 5) is 44.7. The Hall–Kier alpha value is -2.41. The van der Waals surface area contributed by atoms with Gasteiger partial charge in [0, 0.05) is 38.3 Å². The fourth-order valence-electron chi connectivity index (χ4n) is 5.06. The Morgan fingerprint density at radius 1 is 1.13 bits per heavy atom. The van der Waals surface area contributed by atoms with Crippen molar-refractivity contribution in [2.75, 3.05) is 32.7 Å². The minimum Gasteiger partial charge on any atom is -0.337 e. The third-order valence-corrected chi connectivity index (χ3v) is 6.60. The number of hydrogen-bond acceptors (Lipinski definition) is 4. The molecule has 0 aliphatic carbocycles. The average molecular weight is 413 g/mol. The lowest BCUT2D eigenvalue weighted by atomic mass is 9.86. The van der Waals surface area contributed by atoms with Crippen LogP contribution in [0, 0.1) is 5.92 Å². The van der Waals surface area contributed by atoms with E-state index in [1.807, 2.05) is 18.2 Å². The Balaban J connectivity index is 1.43. The number of carbonyl (C=O) groups is 3. The largest absolute Gasteiger partial charge is 0.337 e. The third kappa shape index (κ3) is 3.95. The molecule has 4 rings (SSSR count). The highest BCUT2D eigenvalue weighted by Crippen LogP contribution is 2.32. The molecule has 162 valence electrons. The van der Waals surface area contributed by atoms with Crippen molar-refractivity contribution in [3.8, 4) is 0 Å². The van der Waals surface area contributed by atoms with Crippen LogP contribution in [0.1, 0.15) is 49.9 Å². The predicted octanol–water partition coefficient (Wildman–Crippen LogP) is 2.33. The number of carbonyl (C=O) groups excluding carboxylic acids is 3. The number of nitrogens with one attached hydrogen (secondary N) is 1. The first kappa shape index (κ1) is 20.8. The zero-order chi connectivity index (χ0) is 21.3. The minimum absolute atomic E-state index is 0.0379. The standard InChI is InChI=1S/C23H32N4O3/c1-17(2)15-25-13-10-23(11-14-25)21(29)27(22(30)24-23)19-9-6-12-26(16-19)20(28)18-7-4-3-5-8-18/h3-5,7-8,17,19H,6,9-16H2,1-2H3,(H,24,30)/t19-/m0/s1. The maximum atomic E-state index is 13.4. The molecule has 1 N–H and O–H groups in total. The van der Waals surface area contributed by atoms with E-state index in [0.29, 0.717) is 37.4 Å². The van der Waals surface area contributed by atoms with Crippen LogP contribution in [0.5, 0.6) is 0 Å². The molecule has 0 saturated carbocycles. The summed E-state index contributed by atoms with van der Waals surface area (Å²) in [6.07, 6.45) is 2.84. The highest BCUT2D eigenvalue weighted by Gasteiger charge is 2.54. The molecule has 1 aromatic carbocycles. The van der Waals surface area contributed by atoms with Crippen molar-refractivity contribution in [1.82, 2.24) is 20.0 Å². The van der Waals surface area contributed by atoms with Gasteiger partial charge in [0.1, 0.15) is 5.54 Å². The van der Waals surface area contributed by atoms with Gasteiger partial charge in [-0.25, -0.2) is 4.79 Å². The van der Waals surface area contributed by atoms with E-state index in [9.17, 15) is 14.4 Å². The number of hydrogen-bond donors (Lipinski definition) is 1. The summed E-state index contributed by atoms with van der Waals surface area (Å²) in [7, 11) is 0. The fourth-order valence-corrected chi connectivity index (χ4v) is 5.06. The maximum absolute atomic E-state index is 13.4. The van der Waals surface area contributed by atoms with Gasteiger partial charge in [-0.2, -0.15) is 0 Å². The Kier molecular flexibility index (Phi) is 5.82. The SMILES string of the molecule is CC(C)CN1CCC2(CC1)NC(=O)N([C@H]1CCCN(C(=O)c3ccccc3)C1)C2=O. The summed E-state index contributed by atoms with van der Waals surface area (Å²) in [5, 5.41) is 3.02. The van der Waals surface area contributed by atoms with E-state index >= 15 is 0 Å². The van der Waals surface area contributed by atoms with Crippen LogP contribution in [-0.4, -0.2) is 76.8 Å². The van der Waals surface area contributed by atoms with Gasteiger partial charge in [-0.1, -0.05) is 32.0 Å². The smallest absolute Gasteiger partial charge is 0.325 e. The molecule has 1 atom stereocenters. The Bertz CT molecular complexity index is 802. The van der Waals surface area contributed by atoms with E-state index in [4.69, 9.17) is 0 Å². The van der Waals surface area contributed by atoms with Gasteiger partial charge in [0.25, 0.3) is 11.8 Å². The van der Waals surface area contributed by atoms with Gasteiger partial charge in [0.2, 0.25) is 0 Å². The molecule has 30 heavy (non-hydrogen) atoms. The van der Waals surface area contributed by atoms with E-state index in [1.54, 1.807) is 17.0 Å². The van der Waals surface area contributed by atoms with Gasteiger partial charge in [-0.15, -0.1) is 0 Å². The van der Waals surface area contributed by atoms with Gasteiger partial charge >= 0.3 is 6.03 Å². The Morgan fingerprint density at radius 3 is 2.50 bits per heavy atom. The van der Waals surface area contributed by atoms with Gasteiger partial charge in [-0.05, 0) is 43.7 Å². The first-order chi connectivity index (χ1) is 14.4. The molecule has 3 heterocycles. The van der Waals surface area contributed by atoms with Crippen molar-refractivity contribution in [2.45, 2.75) is 51.1 Å². The van der Waals surface area contributed by atoms with Gasteiger partial charge in [-0.3, -0.25) is 14.5 Å². The lowest BCUT2D eigenvalue weighted by molar-refractivity contribution is -0.135. The normalized spacial score (nSPS) is 24.6. The zero-order valence-electron chi connectivity index (χ0n) is 18.0. The lowest BCUT2D eigenvalue weighted by Crippen LogP contribution is -2.56. The van der Waals surface area contributed by atoms with Crippen molar-refractivity contribution >= 4 is 17.8 Å². The number of urea groups is 1. The number of nitrogens with zero attached hydrogens (tertiary/aromatic N) is 3.